The average molecular weight is 337 g/mol. The molecule has 1 fully saturated rings. The third kappa shape index (κ3) is 2.42. The maximum Gasteiger partial charge on any atom is 0.0636 e. The first kappa shape index (κ1) is 15.6. The molecule has 26 heavy (non-hydrogen) atoms. The Hall–Kier alpha value is -2.67. The molecule has 2 aliphatic rings. The van der Waals surface area contributed by atoms with Crippen LogP contribution in [0.25, 0.3) is 11.1 Å². The molecule has 0 saturated heterocycles. The predicted octanol–water partition coefficient (Wildman–Crippen LogP) is 6.52. The first-order chi connectivity index (χ1) is 12.6. The zero-order valence-electron chi connectivity index (χ0n) is 15.4. The molecule has 5 rings (SSSR count). The topological polar surface area (TPSA) is 12.4 Å². The van der Waals surface area contributed by atoms with Crippen LogP contribution in [0.15, 0.2) is 77.8 Å². The van der Waals surface area contributed by atoms with Crippen LogP contribution in [-0.4, -0.2) is 5.71 Å². The summed E-state index contributed by atoms with van der Waals surface area (Å²) in [6.45, 7) is 4.65. The van der Waals surface area contributed by atoms with E-state index in [0.717, 1.165) is 5.69 Å². The standard InChI is InChI=1S/C25H23N/c1-25(2)22-11-7-6-10-20(22)21-15-14-19(16-23(21)25)26-24(18-12-13-18)17-8-4-3-5-9-17/h3-11,14-16,18H,12-13H2,1-2H3. The Kier molecular flexibility index (Phi) is 3.40. The summed E-state index contributed by atoms with van der Waals surface area (Å²) in [6.07, 6.45) is 2.52. The average Bonchev–Trinajstić information content (AvgIpc) is 3.48. The molecule has 0 N–H and O–H groups in total. The molecule has 0 bridgehead atoms. The van der Waals surface area contributed by atoms with Crippen molar-refractivity contribution < 1.29 is 0 Å². The minimum Gasteiger partial charge on any atom is -0.253 e. The van der Waals surface area contributed by atoms with Crippen LogP contribution in [0, 0.1) is 5.92 Å². The third-order valence-electron chi connectivity index (χ3n) is 5.85. The van der Waals surface area contributed by atoms with Gasteiger partial charge in [0.05, 0.1) is 11.4 Å². The SMILES string of the molecule is CC1(C)c2ccccc2-c2ccc(N=C(c3ccccc3)C3CC3)cc21. The summed E-state index contributed by atoms with van der Waals surface area (Å²) >= 11 is 0. The van der Waals surface area contributed by atoms with Gasteiger partial charge in [0, 0.05) is 11.3 Å². The Labute approximate surface area is 155 Å². The van der Waals surface area contributed by atoms with Crippen molar-refractivity contribution in [3.63, 3.8) is 0 Å². The van der Waals surface area contributed by atoms with Gasteiger partial charge in [-0.2, -0.15) is 0 Å². The van der Waals surface area contributed by atoms with E-state index in [4.69, 9.17) is 4.99 Å². The van der Waals surface area contributed by atoms with E-state index in [1.807, 2.05) is 0 Å². The van der Waals surface area contributed by atoms with E-state index < -0.39 is 0 Å². The van der Waals surface area contributed by atoms with Gasteiger partial charge in [0.15, 0.2) is 0 Å². The van der Waals surface area contributed by atoms with Crippen LogP contribution in [0.1, 0.15) is 43.4 Å². The van der Waals surface area contributed by atoms with Gasteiger partial charge in [0.25, 0.3) is 0 Å². The Bertz CT molecular complexity index is 1010. The van der Waals surface area contributed by atoms with E-state index in [1.54, 1.807) is 0 Å². The van der Waals surface area contributed by atoms with Crippen LogP contribution >= 0.6 is 0 Å². The molecule has 3 aromatic carbocycles. The summed E-state index contributed by atoms with van der Waals surface area (Å²) in [7, 11) is 0. The van der Waals surface area contributed by atoms with Crippen molar-refractivity contribution >= 4 is 11.4 Å². The number of rotatable bonds is 3. The molecule has 2 aliphatic carbocycles. The van der Waals surface area contributed by atoms with Gasteiger partial charge in [0.1, 0.15) is 0 Å². The molecule has 0 atom stereocenters. The lowest BCUT2D eigenvalue weighted by molar-refractivity contribution is 0.660. The Balaban J connectivity index is 1.62. The molecular weight excluding hydrogens is 314 g/mol. The highest BCUT2D eigenvalue weighted by molar-refractivity contribution is 6.05. The van der Waals surface area contributed by atoms with Crippen molar-refractivity contribution in [2.75, 3.05) is 0 Å². The van der Waals surface area contributed by atoms with E-state index in [1.165, 1.54) is 46.4 Å². The van der Waals surface area contributed by atoms with Crippen molar-refractivity contribution in [3.05, 3.63) is 89.5 Å². The molecule has 1 saturated carbocycles. The summed E-state index contributed by atoms with van der Waals surface area (Å²) in [5.41, 5.74) is 9.16. The predicted molar refractivity (Wildman–Crippen MR) is 109 cm³/mol. The number of fused-ring (bicyclic) bond motifs is 3. The van der Waals surface area contributed by atoms with Crippen molar-refractivity contribution in [1.29, 1.82) is 0 Å². The molecule has 0 unspecified atom stereocenters. The smallest absolute Gasteiger partial charge is 0.0636 e. The van der Waals surface area contributed by atoms with Crippen LogP contribution in [0.3, 0.4) is 0 Å². The van der Waals surface area contributed by atoms with E-state index in [-0.39, 0.29) is 5.41 Å². The van der Waals surface area contributed by atoms with Crippen molar-refractivity contribution in [2.24, 2.45) is 10.9 Å². The quantitative estimate of drug-likeness (QED) is 0.482. The summed E-state index contributed by atoms with van der Waals surface area (Å²) in [6, 6.07) is 26.2. The minimum absolute atomic E-state index is 0.0317. The lowest BCUT2D eigenvalue weighted by atomic mass is 9.82. The second-order valence-electron chi connectivity index (χ2n) is 8.04. The van der Waals surface area contributed by atoms with E-state index in [0.29, 0.717) is 5.92 Å². The summed E-state index contributed by atoms with van der Waals surface area (Å²) in [5.74, 6) is 0.621. The highest BCUT2D eigenvalue weighted by Gasteiger charge is 2.35. The maximum absolute atomic E-state index is 5.11. The second-order valence-corrected chi connectivity index (χ2v) is 8.04. The fourth-order valence-corrected chi connectivity index (χ4v) is 4.26. The lowest BCUT2D eigenvalue weighted by Gasteiger charge is -2.21. The van der Waals surface area contributed by atoms with E-state index in [9.17, 15) is 0 Å². The van der Waals surface area contributed by atoms with Crippen LogP contribution in [-0.2, 0) is 5.41 Å². The van der Waals surface area contributed by atoms with Crippen LogP contribution in [0.4, 0.5) is 5.69 Å². The van der Waals surface area contributed by atoms with E-state index in [2.05, 4.69) is 86.6 Å². The highest BCUT2D eigenvalue weighted by Crippen LogP contribution is 2.49. The van der Waals surface area contributed by atoms with Gasteiger partial charge >= 0.3 is 0 Å². The van der Waals surface area contributed by atoms with Crippen molar-refractivity contribution in [3.8, 4) is 11.1 Å². The fourth-order valence-electron chi connectivity index (χ4n) is 4.26. The molecule has 128 valence electrons. The zero-order chi connectivity index (χ0) is 17.7. The first-order valence-electron chi connectivity index (χ1n) is 9.53. The van der Waals surface area contributed by atoms with Crippen LogP contribution in [0.5, 0.6) is 0 Å². The normalized spacial score (nSPS) is 17.7. The highest BCUT2D eigenvalue weighted by atomic mass is 14.8. The van der Waals surface area contributed by atoms with E-state index >= 15 is 0 Å². The monoisotopic (exact) mass is 337 g/mol. The molecular formula is C25H23N. The Morgan fingerprint density at radius 3 is 2.27 bits per heavy atom. The molecule has 1 nitrogen and oxygen atoms in total. The maximum atomic E-state index is 5.11. The second kappa shape index (κ2) is 5.67. The largest absolute Gasteiger partial charge is 0.253 e. The Morgan fingerprint density at radius 1 is 0.808 bits per heavy atom. The van der Waals surface area contributed by atoms with Crippen molar-refractivity contribution in [1.82, 2.24) is 0 Å². The molecule has 0 aliphatic heterocycles. The number of benzene rings is 3. The molecule has 0 amide bonds. The fraction of sp³-hybridized carbons (Fsp3) is 0.240. The molecule has 0 heterocycles. The lowest BCUT2D eigenvalue weighted by Crippen LogP contribution is -2.14. The summed E-state index contributed by atoms with van der Waals surface area (Å²) < 4.78 is 0. The summed E-state index contributed by atoms with van der Waals surface area (Å²) in [4.78, 5) is 5.11. The molecule has 1 heteroatoms. The van der Waals surface area contributed by atoms with Gasteiger partial charge < -0.3 is 0 Å². The van der Waals surface area contributed by atoms with Crippen molar-refractivity contribution in [2.45, 2.75) is 32.1 Å². The van der Waals surface area contributed by atoms with Gasteiger partial charge in [-0.1, -0.05) is 74.5 Å². The Morgan fingerprint density at radius 2 is 1.50 bits per heavy atom. The summed E-state index contributed by atoms with van der Waals surface area (Å²) in [5, 5.41) is 0. The molecule has 0 spiro atoms. The van der Waals surface area contributed by atoms with Crippen LogP contribution < -0.4 is 0 Å². The molecule has 0 radical (unpaired) electrons. The van der Waals surface area contributed by atoms with Gasteiger partial charge in [-0.3, -0.25) is 4.99 Å². The third-order valence-corrected chi connectivity index (χ3v) is 5.85. The first-order valence-corrected chi connectivity index (χ1v) is 9.53. The number of hydrogen-bond donors (Lipinski definition) is 0. The molecule has 0 aromatic heterocycles. The number of nitrogens with zero attached hydrogens (tertiary/aromatic N) is 1. The van der Waals surface area contributed by atoms with Gasteiger partial charge in [-0.25, -0.2) is 0 Å². The number of aliphatic imine (C=N–C) groups is 1. The molecule has 3 aromatic rings. The zero-order valence-corrected chi connectivity index (χ0v) is 15.4. The minimum atomic E-state index is 0.0317. The van der Waals surface area contributed by atoms with Gasteiger partial charge in [-0.15, -0.1) is 0 Å². The number of hydrogen-bond acceptors (Lipinski definition) is 1. The van der Waals surface area contributed by atoms with Gasteiger partial charge in [-0.05, 0) is 52.8 Å². The van der Waals surface area contributed by atoms with Gasteiger partial charge in [0.2, 0.25) is 0 Å². The van der Waals surface area contributed by atoms with Crippen LogP contribution in [0.2, 0.25) is 0 Å².